The molecule has 0 aliphatic heterocycles. The van der Waals surface area contributed by atoms with Crippen LogP contribution in [0.4, 0.5) is 17.6 Å². The van der Waals surface area contributed by atoms with Crippen molar-refractivity contribution in [3.05, 3.63) is 83.4 Å². The van der Waals surface area contributed by atoms with E-state index < -0.39 is 23.3 Å². The Kier molecular flexibility index (Phi) is 10.6. The SMILES string of the molecule is CCCCCOc1ccc(-c2ccc(-c3ccc(C4=CCC(C5CCC(CCC)CC5)CC4)c(F)c3F)cc2)c(F)c1F. The van der Waals surface area contributed by atoms with Gasteiger partial charge >= 0.3 is 0 Å². The Morgan fingerprint density at radius 2 is 1.23 bits per heavy atom. The molecule has 0 heterocycles. The van der Waals surface area contributed by atoms with E-state index in [4.69, 9.17) is 4.74 Å². The molecule has 0 bridgehead atoms. The molecule has 0 aromatic heterocycles. The Labute approximate surface area is 254 Å². The average molecular weight is 593 g/mol. The fourth-order valence-electron chi connectivity index (χ4n) is 7.13. The van der Waals surface area contributed by atoms with Crippen LogP contribution in [0.3, 0.4) is 0 Å². The third kappa shape index (κ3) is 7.19. The van der Waals surface area contributed by atoms with E-state index in [1.54, 1.807) is 36.4 Å². The fourth-order valence-corrected chi connectivity index (χ4v) is 7.13. The van der Waals surface area contributed by atoms with Gasteiger partial charge in [-0.3, -0.25) is 0 Å². The number of allylic oxidation sites excluding steroid dienone is 2. The lowest BCUT2D eigenvalue weighted by molar-refractivity contribution is 0.189. The molecular formula is C38H44F4O. The molecule has 0 amide bonds. The molecule has 1 nitrogen and oxygen atoms in total. The van der Waals surface area contributed by atoms with Crippen molar-refractivity contribution in [1.82, 2.24) is 0 Å². The number of unbranched alkanes of at least 4 members (excludes halogenated alkanes) is 2. The van der Waals surface area contributed by atoms with Crippen molar-refractivity contribution in [1.29, 1.82) is 0 Å². The zero-order valence-electron chi connectivity index (χ0n) is 25.5. The first-order valence-corrected chi connectivity index (χ1v) is 16.3. The van der Waals surface area contributed by atoms with Crippen LogP contribution in [0.1, 0.15) is 96.5 Å². The van der Waals surface area contributed by atoms with Crippen LogP contribution in [0.5, 0.6) is 5.75 Å². The van der Waals surface area contributed by atoms with Crippen molar-refractivity contribution >= 4 is 5.57 Å². The fraction of sp³-hybridized carbons (Fsp3) is 0.474. The highest BCUT2D eigenvalue weighted by Gasteiger charge is 2.29. The summed E-state index contributed by atoms with van der Waals surface area (Å²) >= 11 is 0. The van der Waals surface area contributed by atoms with Crippen LogP contribution in [-0.4, -0.2) is 6.61 Å². The van der Waals surface area contributed by atoms with E-state index in [1.807, 2.05) is 0 Å². The smallest absolute Gasteiger partial charge is 0.201 e. The topological polar surface area (TPSA) is 9.23 Å². The van der Waals surface area contributed by atoms with Gasteiger partial charge in [-0.05, 0) is 85.1 Å². The van der Waals surface area contributed by atoms with Crippen molar-refractivity contribution in [2.45, 2.75) is 90.9 Å². The van der Waals surface area contributed by atoms with Gasteiger partial charge in [0.15, 0.2) is 23.2 Å². The predicted molar refractivity (Wildman–Crippen MR) is 168 cm³/mol. The summed E-state index contributed by atoms with van der Waals surface area (Å²) < 4.78 is 65.7. The molecule has 2 aliphatic carbocycles. The maximum atomic E-state index is 15.4. The molecular weight excluding hydrogens is 548 g/mol. The molecule has 230 valence electrons. The maximum absolute atomic E-state index is 15.4. The molecule has 2 aliphatic rings. The summed E-state index contributed by atoms with van der Waals surface area (Å²) in [7, 11) is 0. The van der Waals surface area contributed by atoms with Crippen LogP contribution in [0, 0.1) is 41.0 Å². The van der Waals surface area contributed by atoms with Crippen LogP contribution < -0.4 is 4.74 Å². The summed E-state index contributed by atoms with van der Waals surface area (Å²) in [4.78, 5) is 0. The summed E-state index contributed by atoms with van der Waals surface area (Å²) in [5.41, 5.74) is 2.38. The van der Waals surface area contributed by atoms with Gasteiger partial charge in [0.1, 0.15) is 0 Å². The van der Waals surface area contributed by atoms with Gasteiger partial charge in [0.25, 0.3) is 0 Å². The highest BCUT2D eigenvalue weighted by molar-refractivity contribution is 5.74. The van der Waals surface area contributed by atoms with Gasteiger partial charge in [-0.15, -0.1) is 0 Å². The second kappa shape index (κ2) is 14.6. The van der Waals surface area contributed by atoms with E-state index in [1.165, 1.54) is 50.7 Å². The van der Waals surface area contributed by atoms with Crippen molar-refractivity contribution in [2.75, 3.05) is 6.61 Å². The first-order valence-electron chi connectivity index (χ1n) is 16.3. The Hall–Kier alpha value is -3.08. The Balaban J connectivity index is 1.26. The summed E-state index contributed by atoms with van der Waals surface area (Å²) in [6.45, 7) is 4.65. The van der Waals surface area contributed by atoms with E-state index in [0.29, 0.717) is 29.2 Å². The van der Waals surface area contributed by atoms with E-state index in [-0.39, 0.29) is 16.9 Å². The molecule has 1 fully saturated rings. The highest BCUT2D eigenvalue weighted by atomic mass is 19.2. The van der Waals surface area contributed by atoms with Gasteiger partial charge in [0.2, 0.25) is 5.82 Å². The quantitative estimate of drug-likeness (QED) is 0.159. The molecule has 0 radical (unpaired) electrons. The van der Waals surface area contributed by atoms with Crippen LogP contribution in [0.25, 0.3) is 27.8 Å². The van der Waals surface area contributed by atoms with Crippen LogP contribution >= 0.6 is 0 Å². The van der Waals surface area contributed by atoms with Gasteiger partial charge in [-0.2, -0.15) is 4.39 Å². The Morgan fingerprint density at radius 3 is 1.84 bits per heavy atom. The van der Waals surface area contributed by atoms with Gasteiger partial charge in [-0.1, -0.05) is 94.8 Å². The highest BCUT2D eigenvalue weighted by Crippen LogP contribution is 2.43. The molecule has 5 heteroatoms. The number of rotatable bonds is 11. The molecule has 0 saturated heterocycles. The molecule has 1 unspecified atom stereocenters. The average Bonchev–Trinajstić information content (AvgIpc) is 3.03. The normalized spacial score (nSPS) is 20.6. The summed E-state index contributed by atoms with van der Waals surface area (Å²) in [5, 5.41) is 0. The molecule has 0 spiro atoms. The molecule has 5 rings (SSSR count). The van der Waals surface area contributed by atoms with Crippen molar-refractivity contribution in [2.24, 2.45) is 17.8 Å². The number of hydrogen-bond acceptors (Lipinski definition) is 1. The lowest BCUT2D eigenvalue weighted by atomic mass is 9.70. The van der Waals surface area contributed by atoms with E-state index in [9.17, 15) is 8.78 Å². The number of benzene rings is 3. The third-order valence-electron chi connectivity index (χ3n) is 9.69. The Morgan fingerprint density at radius 1 is 0.628 bits per heavy atom. The van der Waals surface area contributed by atoms with Gasteiger partial charge < -0.3 is 4.74 Å². The van der Waals surface area contributed by atoms with Crippen LogP contribution in [0.2, 0.25) is 0 Å². The number of halogens is 4. The van der Waals surface area contributed by atoms with Gasteiger partial charge in [0, 0.05) is 16.7 Å². The minimum Gasteiger partial charge on any atom is -0.490 e. The molecule has 3 aromatic rings. The monoisotopic (exact) mass is 592 g/mol. The second-order valence-corrected chi connectivity index (χ2v) is 12.5. The first kappa shape index (κ1) is 31.3. The zero-order valence-corrected chi connectivity index (χ0v) is 25.5. The first-order chi connectivity index (χ1) is 20.9. The summed E-state index contributed by atoms with van der Waals surface area (Å²) in [6, 6.07) is 12.6. The van der Waals surface area contributed by atoms with E-state index >= 15 is 8.78 Å². The standard InChI is InChI=1S/C38H44F4O/c1-3-5-6-24-43-34-23-22-33(37(41)38(34)42)30-18-16-29(17-19-30)32-21-20-31(35(39)36(32)40)28-14-12-27(13-15-28)26-10-8-25(7-4-2)9-11-26/h14,16-23,25-27H,3-13,15,24H2,1-2H3. The number of hydrogen-bond donors (Lipinski definition) is 0. The van der Waals surface area contributed by atoms with Crippen LogP contribution in [0.15, 0.2) is 54.6 Å². The number of ether oxygens (including phenoxy) is 1. The third-order valence-corrected chi connectivity index (χ3v) is 9.69. The lowest BCUT2D eigenvalue weighted by Gasteiger charge is -2.35. The van der Waals surface area contributed by atoms with Crippen molar-refractivity contribution in [3.8, 4) is 28.0 Å². The largest absolute Gasteiger partial charge is 0.490 e. The maximum Gasteiger partial charge on any atom is 0.201 e. The predicted octanol–water partition coefficient (Wildman–Crippen LogP) is 11.9. The molecule has 1 atom stereocenters. The van der Waals surface area contributed by atoms with Crippen molar-refractivity contribution in [3.63, 3.8) is 0 Å². The summed E-state index contributed by atoms with van der Waals surface area (Å²) in [5.74, 6) is -1.55. The molecule has 1 saturated carbocycles. The molecule has 0 N–H and O–H groups in total. The minimum absolute atomic E-state index is 0.0866. The van der Waals surface area contributed by atoms with Gasteiger partial charge in [-0.25, -0.2) is 13.2 Å². The zero-order chi connectivity index (χ0) is 30.3. The molecule has 3 aromatic carbocycles. The minimum atomic E-state index is -1.02. The van der Waals surface area contributed by atoms with E-state index in [2.05, 4.69) is 19.9 Å². The van der Waals surface area contributed by atoms with Gasteiger partial charge in [0.05, 0.1) is 6.61 Å². The van der Waals surface area contributed by atoms with E-state index in [0.717, 1.165) is 55.9 Å². The summed E-state index contributed by atoms with van der Waals surface area (Å²) in [6.07, 6.45) is 15.5. The van der Waals surface area contributed by atoms with Crippen LogP contribution in [-0.2, 0) is 0 Å². The molecule has 43 heavy (non-hydrogen) atoms. The Bertz CT molecular complexity index is 1400. The lowest BCUT2D eigenvalue weighted by Crippen LogP contribution is -2.23. The van der Waals surface area contributed by atoms with Crippen molar-refractivity contribution < 1.29 is 22.3 Å². The second-order valence-electron chi connectivity index (χ2n) is 12.5.